The minimum atomic E-state index is -4.04. The number of halogens is 1. The van der Waals surface area contributed by atoms with Gasteiger partial charge < -0.3 is 10.2 Å². The number of urea groups is 1. The predicted octanol–water partition coefficient (Wildman–Crippen LogP) is 3.29. The van der Waals surface area contributed by atoms with Crippen LogP contribution in [0.4, 0.5) is 14.9 Å². The number of hydrogen-bond acceptors (Lipinski definition) is 6. The Labute approximate surface area is 224 Å². The van der Waals surface area contributed by atoms with E-state index in [9.17, 15) is 17.6 Å². The molecule has 2 N–H and O–H groups in total. The molecule has 2 aromatic heterocycles. The van der Waals surface area contributed by atoms with E-state index in [4.69, 9.17) is 0 Å². The van der Waals surface area contributed by atoms with Gasteiger partial charge in [0.15, 0.2) is 0 Å². The van der Waals surface area contributed by atoms with Gasteiger partial charge in [-0.2, -0.15) is 4.39 Å². The van der Waals surface area contributed by atoms with E-state index in [2.05, 4.69) is 19.9 Å². The number of hydrogen-bond donors (Lipinski definition) is 2. The van der Waals surface area contributed by atoms with Crippen LogP contribution in [0.1, 0.15) is 28.0 Å². The van der Waals surface area contributed by atoms with Crippen LogP contribution in [0, 0.1) is 5.95 Å². The van der Waals surface area contributed by atoms with Gasteiger partial charge in [0.05, 0.1) is 5.69 Å². The first-order chi connectivity index (χ1) is 15.8. The standard InChI is InChI=1S/C23H23FN4O3S2.Na.H/c1-28-11-9-19-15(13-28)12-20(32-19)33(30,31)27-23(29)26-21-16-5-2-4-14(16)7-8-17(21)18-6-3-10-25-22(18)24;;/h3,6-8,10,12H,2,4-5,9,11,13H2,1H3,(H2,26,27,29);;. The molecule has 5 rings (SSSR count). The van der Waals surface area contributed by atoms with Crippen molar-refractivity contribution in [3.05, 3.63) is 64.0 Å². The summed E-state index contributed by atoms with van der Waals surface area (Å²) in [5.41, 5.74) is 4.10. The summed E-state index contributed by atoms with van der Waals surface area (Å²) in [7, 11) is -2.05. The second kappa shape index (κ2) is 10.0. The Morgan fingerprint density at radius 1 is 1.15 bits per heavy atom. The predicted molar refractivity (Wildman–Crippen MR) is 133 cm³/mol. The van der Waals surface area contributed by atoms with E-state index in [-0.39, 0.29) is 39.3 Å². The summed E-state index contributed by atoms with van der Waals surface area (Å²) < 4.78 is 42.6. The zero-order valence-corrected chi connectivity index (χ0v) is 19.7. The van der Waals surface area contributed by atoms with Crippen LogP contribution in [-0.4, -0.2) is 67.5 Å². The van der Waals surface area contributed by atoms with Gasteiger partial charge in [0.2, 0.25) is 5.95 Å². The maximum absolute atomic E-state index is 14.4. The van der Waals surface area contributed by atoms with Gasteiger partial charge in [0.1, 0.15) is 4.21 Å². The quantitative estimate of drug-likeness (QED) is 0.415. The van der Waals surface area contributed by atoms with Gasteiger partial charge >= 0.3 is 35.6 Å². The maximum atomic E-state index is 14.4. The van der Waals surface area contributed by atoms with Crippen molar-refractivity contribution in [3.8, 4) is 11.1 Å². The van der Waals surface area contributed by atoms with Gasteiger partial charge in [-0.3, -0.25) is 0 Å². The molecule has 2 aliphatic rings. The fourth-order valence-electron chi connectivity index (χ4n) is 4.51. The summed E-state index contributed by atoms with van der Waals surface area (Å²) in [6.07, 6.45) is 4.64. The molecular formula is C23H24FN4NaO3S2. The number of nitrogens with one attached hydrogen (secondary N) is 2. The molecule has 7 nitrogen and oxygen atoms in total. The summed E-state index contributed by atoms with van der Waals surface area (Å²) in [6.45, 7) is 1.55. The number of nitrogens with zero attached hydrogens (tertiary/aromatic N) is 2. The van der Waals surface area contributed by atoms with Crippen molar-refractivity contribution in [2.75, 3.05) is 18.9 Å². The molecule has 1 aliphatic heterocycles. The van der Waals surface area contributed by atoms with Gasteiger partial charge in [-0.05, 0) is 67.6 Å². The third kappa shape index (κ3) is 4.93. The first-order valence-electron chi connectivity index (χ1n) is 10.7. The molecule has 3 heterocycles. The second-order valence-corrected chi connectivity index (χ2v) is 11.4. The van der Waals surface area contributed by atoms with E-state index >= 15 is 0 Å². The van der Waals surface area contributed by atoms with Crippen LogP contribution in [0.3, 0.4) is 0 Å². The van der Waals surface area contributed by atoms with E-state index in [0.717, 1.165) is 53.8 Å². The van der Waals surface area contributed by atoms with Crippen LogP contribution >= 0.6 is 11.3 Å². The Morgan fingerprint density at radius 2 is 1.97 bits per heavy atom. The molecule has 0 radical (unpaired) electrons. The van der Waals surface area contributed by atoms with Crippen molar-refractivity contribution < 1.29 is 17.6 Å². The molecule has 0 fully saturated rings. The van der Waals surface area contributed by atoms with Crippen LogP contribution in [0.25, 0.3) is 11.1 Å². The molecule has 0 bridgehead atoms. The second-order valence-electron chi connectivity index (χ2n) is 8.38. The zero-order valence-electron chi connectivity index (χ0n) is 18.0. The third-order valence-electron chi connectivity index (χ3n) is 6.10. The Balaban J connectivity index is 0.00000274. The van der Waals surface area contributed by atoms with Crippen molar-refractivity contribution in [2.45, 2.75) is 36.4 Å². The summed E-state index contributed by atoms with van der Waals surface area (Å²) in [5, 5.41) is 2.70. The molecule has 1 aromatic carbocycles. The normalized spacial score (nSPS) is 15.2. The monoisotopic (exact) mass is 510 g/mol. The molecule has 1 aliphatic carbocycles. The number of carbonyl (C=O) groups is 1. The number of anilines is 1. The van der Waals surface area contributed by atoms with Crippen molar-refractivity contribution in [1.82, 2.24) is 14.6 Å². The average Bonchev–Trinajstić information content (AvgIpc) is 3.41. The van der Waals surface area contributed by atoms with Crippen LogP contribution in [0.15, 0.2) is 40.7 Å². The number of pyridine rings is 1. The number of benzene rings is 1. The molecule has 11 heteroatoms. The van der Waals surface area contributed by atoms with Crippen molar-refractivity contribution in [2.24, 2.45) is 0 Å². The first-order valence-corrected chi connectivity index (χ1v) is 13.0. The molecule has 0 saturated heterocycles. The number of likely N-dealkylation sites (N-methyl/N-ethyl adjacent to an activating group) is 1. The average molecular weight is 511 g/mol. The van der Waals surface area contributed by atoms with Crippen molar-refractivity contribution in [1.29, 1.82) is 0 Å². The molecule has 2 amide bonds. The van der Waals surface area contributed by atoms with Crippen LogP contribution in [-0.2, 0) is 35.8 Å². The Kier molecular flexibility index (Phi) is 7.47. The third-order valence-corrected chi connectivity index (χ3v) is 9.14. The summed E-state index contributed by atoms with van der Waals surface area (Å²) in [4.78, 5) is 19.7. The number of aromatic nitrogens is 1. The molecule has 0 saturated carbocycles. The zero-order chi connectivity index (χ0) is 23.2. The van der Waals surface area contributed by atoms with Crippen LogP contribution < -0.4 is 10.0 Å². The van der Waals surface area contributed by atoms with Crippen molar-refractivity contribution in [3.63, 3.8) is 0 Å². The molecule has 0 unspecified atom stereocenters. The Morgan fingerprint density at radius 3 is 2.76 bits per heavy atom. The molecule has 174 valence electrons. The van der Waals surface area contributed by atoms with E-state index in [1.54, 1.807) is 24.3 Å². The molecule has 34 heavy (non-hydrogen) atoms. The number of aryl methyl sites for hydroxylation is 1. The topological polar surface area (TPSA) is 91.4 Å². The first kappa shape index (κ1) is 25.3. The molecule has 0 atom stereocenters. The number of fused-ring (bicyclic) bond motifs is 2. The summed E-state index contributed by atoms with van der Waals surface area (Å²) in [5.74, 6) is -0.652. The van der Waals surface area contributed by atoms with E-state index in [1.807, 2.05) is 13.1 Å². The molecule has 3 aromatic rings. The fourth-order valence-corrected chi connectivity index (χ4v) is 6.96. The van der Waals surface area contributed by atoms with Gasteiger partial charge in [-0.25, -0.2) is 22.9 Å². The van der Waals surface area contributed by atoms with Crippen molar-refractivity contribution >= 4 is 62.6 Å². The summed E-state index contributed by atoms with van der Waals surface area (Å²) in [6, 6.07) is 7.66. The Bertz CT molecular complexity index is 1360. The number of rotatable bonds is 4. The number of carbonyl (C=O) groups excluding carboxylic acids is 1. The van der Waals surface area contributed by atoms with E-state index < -0.39 is 22.0 Å². The number of sulfonamides is 1. The molecule has 0 spiro atoms. The number of amides is 2. The summed E-state index contributed by atoms with van der Waals surface area (Å²) >= 11 is 1.20. The fraction of sp³-hybridized carbons (Fsp3) is 0.304. The van der Waals surface area contributed by atoms with Gasteiger partial charge in [0, 0.05) is 35.3 Å². The van der Waals surface area contributed by atoms with E-state index in [1.165, 1.54) is 17.5 Å². The number of thiophene rings is 1. The molecular weight excluding hydrogens is 486 g/mol. The van der Waals surface area contributed by atoms with Crippen LogP contribution in [0.2, 0.25) is 0 Å². The van der Waals surface area contributed by atoms with Crippen LogP contribution in [0.5, 0.6) is 0 Å². The van der Waals surface area contributed by atoms with Gasteiger partial charge in [0.25, 0.3) is 10.0 Å². The van der Waals surface area contributed by atoms with E-state index in [0.29, 0.717) is 17.8 Å². The van der Waals surface area contributed by atoms with Gasteiger partial charge in [-0.1, -0.05) is 12.1 Å². The Hall–Kier alpha value is -1.82. The minimum absolute atomic E-state index is 0. The SMILES string of the molecule is CN1CCc2sc(S(=O)(=O)NC(=O)Nc3c(-c4cccnc4F)ccc4c3CCC4)cc2C1.[NaH]. The van der Waals surface area contributed by atoms with Gasteiger partial charge in [-0.15, -0.1) is 11.3 Å².